The van der Waals surface area contributed by atoms with Gasteiger partial charge in [0.2, 0.25) is 5.88 Å². The number of rotatable bonds is 4. The smallest absolute Gasteiger partial charge is 0.313 e. The third kappa shape index (κ3) is 4.11. The average Bonchev–Trinajstić information content (AvgIpc) is 3.26. The number of hydrogen-bond donors (Lipinski definition) is 3. The molecule has 4 N–H and O–H groups in total. The highest BCUT2D eigenvalue weighted by atomic mass is 16.5. The van der Waals surface area contributed by atoms with Crippen molar-refractivity contribution in [3.05, 3.63) is 47.8 Å². The van der Waals surface area contributed by atoms with Gasteiger partial charge >= 0.3 is 11.8 Å². The number of aromatic nitrogens is 3. The van der Waals surface area contributed by atoms with Crippen LogP contribution >= 0.6 is 0 Å². The molecule has 0 radical (unpaired) electrons. The lowest BCUT2D eigenvalue weighted by Gasteiger charge is -2.38. The van der Waals surface area contributed by atoms with E-state index in [0.717, 1.165) is 29.3 Å². The van der Waals surface area contributed by atoms with E-state index in [9.17, 15) is 14.4 Å². The van der Waals surface area contributed by atoms with E-state index in [1.165, 1.54) is 19.4 Å². The van der Waals surface area contributed by atoms with E-state index in [4.69, 9.17) is 10.5 Å². The van der Waals surface area contributed by atoms with Gasteiger partial charge in [0.05, 0.1) is 36.7 Å². The molecule has 32 heavy (non-hydrogen) atoms. The van der Waals surface area contributed by atoms with Gasteiger partial charge in [-0.25, -0.2) is 4.98 Å². The number of primary amides is 1. The number of amides is 3. The Bertz CT molecular complexity index is 1190. The van der Waals surface area contributed by atoms with E-state index >= 15 is 0 Å². The Morgan fingerprint density at radius 2 is 2.03 bits per heavy atom. The van der Waals surface area contributed by atoms with Crippen LogP contribution in [0.1, 0.15) is 41.7 Å². The zero-order valence-corrected chi connectivity index (χ0v) is 17.8. The predicted molar refractivity (Wildman–Crippen MR) is 117 cm³/mol. The standard InChI is InChI=1S/C22H24N6O4/c1-12-3-6-18(13-4-5-17-14(7-13)9-25-27-17)28(11-12)22(31)20(30)26-15-8-16(19(23)29)21(32-2)24-10-15/h4-5,7-10,12,18H,3,6,11H2,1-2H3,(H2,23,29)(H,25,27)(H,26,30)/t12-,18+/m0/s1. The minimum absolute atomic E-state index is 0.00985. The maximum Gasteiger partial charge on any atom is 0.313 e. The molecule has 1 fully saturated rings. The number of nitrogens with one attached hydrogen (secondary N) is 2. The fraction of sp³-hybridized carbons (Fsp3) is 0.318. The summed E-state index contributed by atoms with van der Waals surface area (Å²) < 4.78 is 5.00. The fourth-order valence-corrected chi connectivity index (χ4v) is 4.07. The van der Waals surface area contributed by atoms with Crippen molar-refractivity contribution in [1.29, 1.82) is 0 Å². The molecule has 1 saturated heterocycles. The molecule has 0 spiro atoms. The number of aromatic amines is 1. The molecule has 1 aromatic carbocycles. The van der Waals surface area contributed by atoms with Crippen molar-refractivity contribution in [2.45, 2.75) is 25.8 Å². The number of fused-ring (bicyclic) bond motifs is 1. The first kappa shape index (κ1) is 21.3. The van der Waals surface area contributed by atoms with Crippen LogP contribution < -0.4 is 15.8 Å². The summed E-state index contributed by atoms with van der Waals surface area (Å²) in [6.07, 6.45) is 4.74. The first-order valence-electron chi connectivity index (χ1n) is 10.3. The van der Waals surface area contributed by atoms with E-state index in [0.29, 0.717) is 6.54 Å². The van der Waals surface area contributed by atoms with Crippen LogP contribution in [0.15, 0.2) is 36.7 Å². The van der Waals surface area contributed by atoms with E-state index in [1.807, 2.05) is 18.2 Å². The first-order chi connectivity index (χ1) is 15.4. The largest absolute Gasteiger partial charge is 0.480 e. The van der Waals surface area contributed by atoms with Gasteiger partial charge in [-0.2, -0.15) is 5.10 Å². The second-order valence-corrected chi connectivity index (χ2v) is 7.97. The summed E-state index contributed by atoms with van der Waals surface area (Å²) in [6, 6.07) is 6.98. The van der Waals surface area contributed by atoms with Crippen LogP contribution in [0.25, 0.3) is 10.9 Å². The van der Waals surface area contributed by atoms with Gasteiger partial charge in [0.1, 0.15) is 5.56 Å². The Morgan fingerprint density at radius 3 is 2.78 bits per heavy atom. The molecular formula is C22H24N6O4. The number of pyridine rings is 1. The number of nitrogens with zero attached hydrogens (tertiary/aromatic N) is 3. The Morgan fingerprint density at radius 1 is 1.22 bits per heavy atom. The molecule has 1 aliphatic rings. The van der Waals surface area contributed by atoms with Crippen LogP contribution in [0.2, 0.25) is 0 Å². The van der Waals surface area contributed by atoms with Crippen LogP contribution in [-0.4, -0.2) is 51.5 Å². The van der Waals surface area contributed by atoms with E-state index in [2.05, 4.69) is 27.4 Å². The number of ether oxygens (including phenoxy) is 1. The first-order valence-corrected chi connectivity index (χ1v) is 10.3. The summed E-state index contributed by atoms with van der Waals surface area (Å²) in [5.41, 5.74) is 7.39. The third-order valence-corrected chi connectivity index (χ3v) is 5.69. The molecule has 0 saturated carbocycles. The van der Waals surface area contributed by atoms with Crippen molar-refractivity contribution in [2.75, 3.05) is 19.0 Å². The molecule has 4 rings (SSSR count). The van der Waals surface area contributed by atoms with E-state index in [-0.39, 0.29) is 29.1 Å². The molecule has 2 aromatic heterocycles. The number of methoxy groups -OCH3 is 1. The van der Waals surface area contributed by atoms with E-state index < -0.39 is 17.7 Å². The number of benzene rings is 1. The summed E-state index contributed by atoms with van der Waals surface area (Å²) in [7, 11) is 1.36. The molecule has 1 aliphatic heterocycles. The van der Waals surface area contributed by atoms with Crippen LogP contribution in [0.3, 0.4) is 0 Å². The molecule has 3 amide bonds. The highest BCUT2D eigenvalue weighted by molar-refractivity contribution is 6.39. The van der Waals surface area contributed by atoms with Crippen molar-refractivity contribution >= 4 is 34.3 Å². The summed E-state index contributed by atoms with van der Waals surface area (Å²) in [4.78, 5) is 43.2. The topological polar surface area (TPSA) is 143 Å². The Balaban J connectivity index is 1.57. The van der Waals surface area contributed by atoms with Gasteiger partial charge in [-0.05, 0) is 42.5 Å². The zero-order chi connectivity index (χ0) is 22.8. The van der Waals surface area contributed by atoms with Gasteiger partial charge in [-0.3, -0.25) is 19.5 Å². The second-order valence-electron chi connectivity index (χ2n) is 7.97. The van der Waals surface area contributed by atoms with E-state index in [1.54, 1.807) is 11.1 Å². The van der Waals surface area contributed by atoms with Gasteiger partial charge in [-0.1, -0.05) is 13.0 Å². The van der Waals surface area contributed by atoms with Crippen LogP contribution in [0.5, 0.6) is 5.88 Å². The van der Waals surface area contributed by atoms with Crippen molar-refractivity contribution < 1.29 is 19.1 Å². The van der Waals surface area contributed by atoms with Crippen molar-refractivity contribution in [3.63, 3.8) is 0 Å². The minimum Gasteiger partial charge on any atom is -0.480 e. The number of anilines is 1. The molecule has 0 aliphatic carbocycles. The predicted octanol–water partition coefficient (Wildman–Crippen LogP) is 2.00. The van der Waals surface area contributed by atoms with Crippen molar-refractivity contribution in [2.24, 2.45) is 11.7 Å². The van der Waals surface area contributed by atoms with Crippen molar-refractivity contribution in [3.8, 4) is 5.88 Å². The van der Waals surface area contributed by atoms with Gasteiger partial charge in [-0.15, -0.1) is 0 Å². The summed E-state index contributed by atoms with van der Waals surface area (Å²) in [6.45, 7) is 2.52. The molecule has 2 atom stereocenters. The maximum absolute atomic E-state index is 13.1. The van der Waals surface area contributed by atoms with Gasteiger partial charge in [0, 0.05) is 11.9 Å². The highest BCUT2D eigenvalue weighted by Crippen LogP contribution is 2.34. The SMILES string of the molecule is COc1ncc(NC(=O)C(=O)N2C[C@@H](C)CC[C@@H]2c2ccc3[nH]ncc3c2)cc1C(N)=O. The second kappa shape index (κ2) is 8.66. The lowest BCUT2D eigenvalue weighted by atomic mass is 9.89. The molecule has 10 nitrogen and oxygen atoms in total. The molecule has 166 valence electrons. The fourth-order valence-electron chi connectivity index (χ4n) is 4.07. The Kier molecular flexibility index (Phi) is 5.76. The maximum atomic E-state index is 13.1. The lowest BCUT2D eigenvalue weighted by molar-refractivity contribution is -0.146. The summed E-state index contributed by atoms with van der Waals surface area (Å²) >= 11 is 0. The zero-order valence-electron chi connectivity index (χ0n) is 17.8. The Labute approximate surface area is 184 Å². The summed E-state index contributed by atoms with van der Waals surface area (Å²) in [5, 5.41) is 10.4. The number of carbonyl (C=O) groups is 3. The molecule has 3 aromatic rings. The number of carbonyl (C=O) groups excluding carboxylic acids is 3. The molecular weight excluding hydrogens is 412 g/mol. The van der Waals surface area contributed by atoms with Gasteiger partial charge < -0.3 is 20.7 Å². The normalized spacial score (nSPS) is 18.4. The third-order valence-electron chi connectivity index (χ3n) is 5.69. The van der Waals surface area contributed by atoms with Crippen LogP contribution in [0.4, 0.5) is 5.69 Å². The number of piperidine rings is 1. The number of likely N-dealkylation sites (tertiary alicyclic amines) is 1. The Hall–Kier alpha value is -3.95. The quantitative estimate of drug-likeness (QED) is 0.534. The molecule has 10 heteroatoms. The molecule has 0 bridgehead atoms. The van der Waals surface area contributed by atoms with Crippen LogP contribution in [0, 0.1) is 5.92 Å². The van der Waals surface area contributed by atoms with Gasteiger partial charge in [0.15, 0.2) is 0 Å². The van der Waals surface area contributed by atoms with Crippen molar-refractivity contribution in [1.82, 2.24) is 20.1 Å². The average molecular weight is 436 g/mol. The number of nitrogens with two attached hydrogens (primary N) is 1. The van der Waals surface area contributed by atoms with Crippen LogP contribution in [-0.2, 0) is 9.59 Å². The lowest BCUT2D eigenvalue weighted by Crippen LogP contribution is -2.46. The monoisotopic (exact) mass is 436 g/mol. The number of hydrogen-bond acceptors (Lipinski definition) is 6. The molecule has 0 unspecified atom stereocenters. The van der Waals surface area contributed by atoms with Gasteiger partial charge in [0.25, 0.3) is 5.91 Å². The number of H-pyrrole nitrogens is 1. The highest BCUT2D eigenvalue weighted by Gasteiger charge is 2.34. The summed E-state index contributed by atoms with van der Waals surface area (Å²) in [5.74, 6) is -1.90. The minimum atomic E-state index is -0.809. The molecule has 3 heterocycles.